The number of esters is 1. The number of nitrogens with zero attached hydrogens (tertiary/aromatic N) is 2. The first-order chi connectivity index (χ1) is 14.2. The zero-order valence-electron chi connectivity index (χ0n) is 16.3. The number of piperazine rings is 1. The molecule has 1 atom stereocenters. The van der Waals surface area contributed by atoms with Gasteiger partial charge in [-0.3, -0.25) is 4.79 Å². The minimum absolute atomic E-state index is 0.0842. The minimum Gasteiger partial charge on any atom is -0.449 e. The number of hydrogen-bond acceptors (Lipinski definition) is 6. The van der Waals surface area contributed by atoms with Gasteiger partial charge in [-0.25, -0.2) is 13.2 Å². The van der Waals surface area contributed by atoms with Crippen LogP contribution < -0.4 is 5.73 Å². The van der Waals surface area contributed by atoms with E-state index in [-0.39, 0.29) is 47.3 Å². The Morgan fingerprint density at radius 1 is 1.03 bits per heavy atom. The highest BCUT2D eigenvalue weighted by molar-refractivity contribution is 7.89. The predicted octanol–water partition coefficient (Wildman–Crippen LogP) is 2.00. The normalized spacial score (nSPS) is 16.1. The number of sulfonamides is 1. The molecule has 10 heteroatoms. The van der Waals surface area contributed by atoms with Crippen LogP contribution >= 0.6 is 11.6 Å². The third-order valence-corrected chi connectivity index (χ3v) is 7.08. The van der Waals surface area contributed by atoms with Crippen LogP contribution in [0.2, 0.25) is 5.02 Å². The first kappa shape index (κ1) is 22.1. The molecule has 160 valence electrons. The molecule has 1 unspecified atom stereocenters. The van der Waals surface area contributed by atoms with Crippen LogP contribution in [0.25, 0.3) is 0 Å². The van der Waals surface area contributed by atoms with Gasteiger partial charge in [0.15, 0.2) is 6.10 Å². The van der Waals surface area contributed by atoms with E-state index in [1.54, 1.807) is 30.3 Å². The molecule has 1 fully saturated rings. The summed E-state index contributed by atoms with van der Waals surface area (Å²) < 4.78 is 32.0. The van der Waals surface area contributed by atoms with E-state index in [1.807, 2.05) is 0 Å². The van der Waals surface area contributed by atoms with Gasteiger partial charge in [-0.2, -0.15) is 4.31 Å². The van der Waals surface area contributed by atoms with Gasteiger partial charge in [0.2, 0.25) is 10.0 Å². The van der Waals surface area contributed by atoms with Crippen molar-refractivity contribution >= 4 is 39.2 Å². The van der Waals surface area contributed by atoms with Crippen molar-refractivity contribution in [1.82, 2.24) is 9.21 Å². The van der Waals surface area contributed by atoms with Gasteiger partial charge in [0, 0.05) is 26.2 Å². The number of para-hydroxylation sites is 1. The third kappa shape index (κ3) is 4.58. The Bertz CT molecular complexity index is 1040. The van der Waals surface area contributed by atoms with Crippen LogP contribution in [-0.2, 0) is 19.6 Å². The number of benzene rings is 2. The van der Waals surface area contributed by atoms with Crippen molar-refractivity contribution in [2.75, 3.05) is 31.9 Å². The Kier molecular flexibility index (Phi) is 6.64. The van der Waals surface area contributed by atoms with Crippen LogP contribution in [0.3, 0.4) is 0 Å². The minimum atomic E-state index is -3.61. The second kappa shape index (κ2) is 9.03. The van der Waals surface area contributed by atoms with Crippen molar-refractivity contribution in [1.29, 1.82) is 0 Å². The average Bonchev–Trinajstić information content (AvgIpc) is 2.75. The van der Waals surface area contributed by atoms with Crippen LogP contribution in [0.5, 0.6) is 0 Å². The van der Waals surface area contributed by atoms with Crippen molar-refractivity contribution in [3.8, 4) is 0 Å². The molecule has 0 radical (unpaired) electrons. The molecule has 2 aromatic carbocycles. The summed E-state index contributed by atoms with van der Waals surface area (Å²) in [6.45, 7) is 2.18. The molecule has 1 amide bonds. The van der Waals surface area contributed by atoms with Crippen molar-refractivity contribution < 1.29 is 22.7 Å². The summed E-state index contributed by atoms with van der Waals surface area (Å²) in [5.41, 5.74) is 5.96. The number of ether oxygens (including phenoxy) is 1. The van der Waals surface area contributed by atoms with E-state index in [2.05, 4.69) is 0 Å². The summed E-state index contributed by atoms with van der Waals surface area (Å²) in [7, 11) is -3.61. The molecule has 1 saturated heterocycles. The van der Waals surface area contributed by atoms with Crippen LogP contribution in [0.4, 0.5) is 5.69 Å². The van der Waals surface area contributed by atoms with Crippen LogP contribution in [0.1, 0.15) is 17.3 Å². The fourth-order valence-electron chi connectivity index (χ4n) is 3.14. The molecule has 0 spiro atoms. The number of carbonyl (C=O) groups excluding carboxylic acids is 2. The molecule has 1 aliphatic rings. The van der Waals surface area contributed by atoms with E-state index >= 15 is 0 Å². The number of halogens is 1. The second-order valence-corrected chi connectivity index (χ2v) is 9.14. The maximum absolute atomic E-state index is 12.7. The zero-order chi connectivity index (χ0) is 21.9. The van der Waals surface area contributed by atoms with Crippen molar-refractivity contribution in [3.63, 3.8) is 0 Å². The number of rotatable bonds is 5. The largest absolute Gasteiger partial charge is 0.449 e. The van der Waals surface area contributed by atoms with E-state index in [0.29, 0.717) is 0 Å². The van der Waals surface area contributed by atoms with Gasteiger partial charge in [-0.1, -0.05) is 35.9 Å². The van der Waals surface area contributed by atoms with Gasteiger partial charge in [0.25, 0.3) is 5.91 Å². The molecule has 0 saturated carbocycles. The lowest BCUT2D eigenvalue weighted by Crippen LogP contribution is -2.52. The Balaban J connectivity index is 1.59. The molecule has 0 aromatic heterocycles. The molecule has 2 aromatic rings. The highest BCUT2D eigenvalue weighted by atomic mass is 35.5. The predicted molar refractivity (Wildman–Crippen MR) is 113 cm³/mol. The number of anilines is 1. The van der Waals surface area contributed by atoms with Gasteiger partial charge >= 0.3 is 5.97 Å². The highest BCUT2D eigenvalue weighted by Crippen LogP contribution is 2.24. The quantitative estimate of drug-likeness (QED) is 0.550. The van der Waals surface area contributed by atoms with Gasteiger partial charge in [0.1, 0.15) is 0 Å². The first-order valence-electron chi connectivity index (χ1n) is 9.31. The highest BCUT2D eigenvalue weighted by Gasteiger charge is 2.32. The maximum Gasteiger partial charge on any atom is 0.341 e. The summed E-state index contributed by atoms with van der Waals surface area (Å²) in [4.78, 5) is 26.7. The fourth-order valence-corrected chi connectivity index (χ4v) is 4.75. The Morgan fingerprint density at radius 3 is 2.30 bits per heavy atom. The molecule has 0 aliphatic carbocycles. The van der Waals surface area contributed by atoms with E-state index < -0.39 is 28.0 Å². The van der Waals surface area contributed by atoms with Crippen molar-refractivity contribution in [3.05, 3.63) is 59.1 Å². The lowest BCUT2D eigenvalue weighted by atomic mass is 10.2. The van der Waals surface area contributed by atoms with E-state index in [9.17, 15) is 18.0 Å². The van der Waals surface area contributed by atoms with Gasteiger partial charge in [0.05, 0.1) is 21.2 Å². The molecular weight excluding hydrogens is 430 g/mol. The fraction of sp³-hybridized carbons (Fsp3) is 0.300. The van der Waals surface area contributed by atoms with Gasteiger partial charge in [-0.15, -0.1) is 0 Å². The second-order valence-electron chi connectivity index (χ2n) is 6.79. The number of nitrogens with two attached hydrogens (primary N) is 1. The molecule has 30 heavy (non-hydrogen) atoms. The van der Waals surface area contributed by atoms with Crippen LogP contribution in [0, 0.1) is 0 Å². The number of nitrogen functional groups attached to an aromatic ring is 1. The average molecular weight is 452 g/mol. The molecule has 3 rings (SSSR count). The van der Waals surface area contributed by atoms with Crippen molar-refractivity contribution in [2.24, 2.45) is 0 Å². The SMILES string of the molecule is CC(OC(=O)c1cccc(Cl)c1N)C(=O)N1CCN(S(=O)(=O)c2ccccc2)CC1. The summed E-state index contributed by atoms with van der Waals surface area (Å²) in [5.74, 6) is -1.15. The van der Waals surface area contributed by atoms with Gasteiger partial charge in [-0.05, 0) is 31.2 Å². The number of amides is 1. The standard InChI is InChI=1S/C20H22ClN3O5S/c1-14(29-20(26)16-8-5-9-17(21)18(16)22)19(25)23-10-12-24(13-11-23)30(27,28)15-6-3-2-4-7-15/h2-9,14H,10-13,22H2,1H3. The van der Waals surface area contributed by atoms with Crippen LogP contribution in [-0.4, -0.2) is 61.8 Å². The van der Waals surface area contributed by atoms with E-state index in [0.717, 1.165) is 0 Å². The number of carbonyl (C=O) groups is 2. The summed E-state index contributed by atoms with van der Waals surface area (Å²) in [6, 6.07) is 12.7. The number of hydrogen-bond donors (Lipinski definition) is 1. The third-order valence-electron chi connectivity index (χ3n) is 4.84. The van der Waals surface area contributed by atoms with E-state index in [4.69, 9.17) is 22.1 Å². The van der Waals surface area contributed by atoms with Crippen LogP contribution in [0.15, 0.2) is 53.4 Å². The monoisotopic (exact) mass is 451 g/mol. The molecule has 0 bridgehead atoms. The summed E-state index contributed by atoms with van der Waals surface area (Å²) >= 11 is 5.91. The molecule has 1 aliphatic heterocycles. The summed E-state index contributed by atoms with van der Waals surface area (Å²) in [6.07, 6.45) is -1.05. The first-order valence-corrected chi connectivity index (χ1v) is 11.1. The Morgan fingerprint density at radius 2 is 1.67 bits per heavy atom. The molecule has 8 nitrogen and oxygen atoms in total. The van der Waals surface area contributed by atoms with E-state index in [1.165, 1.54) is 34.3 Å². The Hall–Kier alpha value is -2.62. The topological polar surface area (TPSA) is 110 Å². The smallest absolute Gasteiger partial charge is 0.341 e. The van der Waals surface area contributed by atoms with Crippen molar-refractivity contribution in [2.45, 2.75) is 17.9 Å². The summed E-state index contributed by atoms with van der Waals surface area (Å²) in [5, 5.41) is 0.221. The molecule has 1 heterocycles. The maximum atomic E-state index is 12.7. The lowest BCUT2D eigenvalue weighted by Gasteiger charge is -2.35. The molecule has 2 N–H and O–H groups in total. The molecular formula is C20H22ClN3O5S. The van der Waals surface area contributed by atoms with Gasteiger partial charge < -0.3 is 15.4 Å². The lowest BCUT2D eigenvalue weighted by molar-refractivity contribution is -0.141. The zero-order valence-corrected chi connectivity index (χ0v) is 17.9. The Labute approximate surface area is 180 Å².